The van der Waals surface area contributed by atoms with Gasteiger partial charge in [0.05, 0.1) is 0 Å². The first-order valence-electron chi connectivity index (χ1n) is 9.40. The maximum Gasteiger partial charge on any atom is -0.0771 e. The van der Waals surface area contributed by atoms with E-state index in [0.717, 1.165) is 6.42 Å². The molecule has 0 saturated carbocycles. The average molecular weight is 596 g/mol. The van der Waals surface area contributed by atoms with Gasteiger partial charge in [0.25, 0.3) is 0 Å². The van der Waals surface area contributed by atoms with Crippen LogP contribution in [0.4, 0.5) is 0 Å². The molecule has 4 heteroatoms. The average Bonchev–Trinajstić information content (AvgIpc) is 3.26. The molecule has 0 aromatic heterocycles. The van der Waals surface area contributed by atoms with Crippen molar-refractivity contribution in [3.8, 4) is 0 Å². The van der Waals surface area contributed by atoms with Gasteiger partial charge in [-0.25, -0.2) is 11.6 Å². The second-order valence-electron chi connectivity index (χ2n) is 6.72. The molecule has 0 nitrogen and oxygen atoms in total. The number of allylic oxidation sites excluding steroid dienone is 4. The van der Waals surface area contributed by atoms with Crippen molar-refractivity contribution < 1.29 is 23.0 Å². The van der Waals surface area contributed by atoms with E-state index in [2.05, 4.69) is 99.8 Å². The maximum absolute atomic E-state index is 3.40. The number of benzene rings is 2. The smallest absolute Gasteiger partial charge is 0.0771 e. The first kappa shape index (κ1) is 27.5. The molecule has 1 atom stereocenters. The first-order chi connectivity index (χ1) is 12.5. The van der Waals surface area contributed by atoms with Crippen molar-refractivity contribution in [1.82, 2.24) is 0 Å². The van der Waals surface area contributed by atoms with Crippen LogP contribution >= 0.6 is 24.8 Å². The van der Waals surface area contributed by atoms with E-state index in [-0.39, 0.29) is 30.3 Å². The van der Waals surface area contributed by atoms with Crippen molar-refractivity contribution in [2.75, 3.05) is 0 Å². The summed E-state index contributed by atoms with van der Waals surface area (Å²) in [6.07, 6.45) is 10.1. The van der Waals surface area contributed by atoms with E-state index in [1.54, 1.807) is 0 Å². The molecule has 1 aliphatic carbocycles. The van der Waals surface area contributed by atoms with Crippen LogP contribution in [0.1, 0.15) is 26.7 Å². The van der Waals surface area contributed by atoms with Crippen LogP contribution < -0.4 is 0 Å². The minimum Gasteiger partial charge on any atom is -0.147 e. The molecule has 148 valence electrons. The molecule has 28 heavy (non-hydrogen) atoms. The monoisotopic (exact) mass is 596 g/mol. The van der Waals surface area contributed by atoms with Crippen molar-refractivity contribution in [1.29, 1.82) is 0 Å². The molecular formula is C24H30Cl2HfSi. The fourth-order valence-electron chi connectivity index (χ4n) is 2.93. The molecule has 0 heterocycles. The first-order valence-corrected chi connectivity index (χ1v) is 17.3. The molecule has 3 aromatic rings. The Balaban J connectivity index is 0.000000432. The normalized spacial score (nSPS) is 14.1. The van der Waals surface area contributed by atoms with Gasteiger partial charge in [-0.2, -0.15) is 6.08 Å². The summed E-state index contributed by atoms with van der Waals surface area (Å²) in [5.41, 5.74) is 1.64. The zero-order chi connectivity index (χ0) is 18.9. The molecule has 0 spiro atoms. The number of halogens is 2. The van der Waals surface area contributed by atoms with Gasteiger partial charge in [-0.15, -0.1) is 64.6 Å². The van der Waals surface area contributed by atoms with E-state index in [4.69, 9.17) is 0 Å². The van der Waals surface area contributed by atoms with Crippen LogP contribution in [-0.4, -0.2) is 5.49 Å². The van der Waals surface area contributed by atoms with Crippen LogP contribution in [0.5, 0.6) is 0 Å². The predicted octanol–water partition coefficient (Wildman–Crippen LogP) is 8.06. The van der Waals surface area contributed by atoms with Gasteiger partial charge in [0.2, 0.25) is 0 Å². The largest absolute Gasteiger partial charge is 0.147 e. The summed E-state index contributed by atoms with van der Waals surface area (Å²) < 4.78 is 0. The third kappa shape index (κ3) is 8.45. The van der Waals surface area contributed by atoms with E-state index in [1.807, 2.05) is 0 Å². The minimum atomic E-state index is 0. The zero-order valence-electron chi connectivity index (χ0n) is 17.2. The summed E-state index contributed by atoms with van der Waals surface area (Å²) in [6, 6.07) is 19.3. The Morgan fingerprint density at radius 3 is 1.75 bits per heavy atom. The van der Waals surface area contributed by atoms with Gasteiger partial charge >= 0.3 is 41.6 Å². The van der Waals surface area contributed by atoms with Crippen molar-refractivity contribution >= 4 is 51.9 Å². The molecule has 0 amide bonds. The third-order valence-corrected chi connectivity index (χ3v) is 4.24. The molecule has 1 unspecified atom stereocenters. The molecule has 0 saturated heterocycles. The topological polar surface area (TPSA) is 0 Å². The molecule has 4 rings (SSSR count). The predicted molar refractivity (Wildman–Crippen MR) is 129 cm³/mol. The SMILES string of the molecule is CCC1=[C-]C(CC)C=C1.C[Si](C)=[Hf+2].Cl.Cl.c1ccc2c(c1)[cH-]c1ccccc12. The molecule has 3 aromatic carbocycles. The summed E-state index contributed by atoms with van der Waals surface area (Å²) in [5, 5.41) is 5.39. The molecule has 1 aliphatic rings. The molecule has 0 N–H and O–H groups in total. The van der Waals surface area contributed by atoms with Gasteiger partial charge in [0.15, 0.2) is 0 Å². The van der Waals surface area contributed by atoms with Crippen molar-refractivity contribution in [2.24, 2.45) is 5.92 Å². The number of hydrogen-bond donors (Lipinski definition) is 0. The summed E-state index contributed by atoms with van der Waals surface area (Å²) in [4.78, 5) is 0. The van der Waals surface area contributed by atoms with Gasteiger partial charge < -0.3 is 0 Å². The zero-order valence-corrected chi connectivity index (χ0v) is 23.4. The maximum atomic E-state index is 3.40. The number of rotatable bonds is 2. The van der Waals surface area contributed by atoms with Gasteiger partial charge in [0.1, 0.15) is 0 Å². The fraction of sp³-hybridized carbons (Fsp3) is 0.292. The third-order valence-electron chi connectivity index (χ3n) is 4.24. The Morgan fingerprint density at radius 2 is 1.39 bits per heavy atom. The van der Waals surface area contributed by atoms with Gasteiger partial charge in [0, 0.05) is 0 Å². The van der Waals surface area contributed by atoms with E-state index >= 15 is 0 Å². The minimum absolute atomic E-state index is 0. The fourth-order valence-corrected chi connectivity index (χ4v) is 2.93. The number of fused-ring (bicyclic) bond motifs is 3. The summed E-state index contributed by atoms with van der Waals surface area (Å²) in [6.45, 7) is 9.03. The Kier molecular flexibility index (Phi) is 14.2. The molecule has 0 fully saturated rings. The summed E-state index contributed by atoms with van der Waals surface area (Å²) >= 11 is 1.45. The van der Waals surface area contributed by atoms with E-state index < -0.39 is 0 Å². The van der Waals surface area contributed by atoms with Crippen molar-refractivity contribution in [3.63, 3.8) is 0 Å². The van der Waals surface area contributed by atoms with E-state index in [0.29, 0.717) is 5.92 Å². The quantitative estimate of drug-likeness (QED) is 0.208. The van der Waals surface area contributed by atoms with Crippen molar-refractivity contribution in [2.45, 2.75) is 39.8 Å². The van der Waals surface area contributed by atoms with Crippen molar-refractivity contribution in [3.05, 3.63) is 78.4 Å². The summed E-state index contributed by atoms with van der Waals surface area (Å²) in [5.74, 6) is 0.611. The standard InChI is InChI=1S/C13H9.C9H13.C2H6Si.2ClH.Hf/c1-3-7-12-10(5-1)9-11-6-2-4-8-13(11)12;1-3-8-5-6-9(4-2)7-8;1-3-2;;;/h1-9H;5-6,8H,3-4H2,1-2H3;1-2H3;2*1H;/q2*-1;;;;+2. The molecule has 0 aliphatic heterocycles. The second kappa shape index (κ2) is 14.4. The second-order valence-corrected chi connectivity index (χ2v) is 19.5. The molecular weight excluding hydrogens is 566 g/mol. The van der Waals surface area contributed by atoms with Crippen LogP contribution in [0.3, 0.4) is 0 Å². The van der Waals surface area contributed by atoms with Gasteiger partial charge in [-0.3, -0.25) is 6.08 Å². The van der Waals surface area contributed by atoms with E-state index in [1.165, 1.54) is 56.5 Å². The number of hydrogen-bond acceptors (Lipinski definition) is 0. The van der Waals surface area contributed by atoms with Crippen LogP contribution in [-0.2, 0) is 23.0 Å². The van der Waals surface area contributed by atoms with Crippen LogP contribution in [0.2, 0.25) is 13.1 Å². The van der Waals surface area contributed by atoms with Gasteiger partial charge in [-0.1, -0.05) is 69.0 Å². The Bertz CT molecular complexity index is 870. The Hall–Kier alpha value is -0.543. The van der Waals surface area contributed by atoms with Crippen LogP contribution in [0.25, 0.3) is 21.5 Å². The Labute approximate surface area is 197 Å². The van der Waals surface area contributed by atoms with Crippen LogP contribution in [0, 0.1) is 12.0 Å². The molecule has 0 radical (unpaired) electrons. The van der Waals surface area contributed by atoms with E-state index in [9.17, 15) is 0 Å². The van der Waals surface area contributed by atoms with Crippen LogP contribution in [0.15, 0.2) is 72.3 Å². The Morgan fingerprint density at radius 1 is 0.929 bits per heavy atom. The summed E-state index contributed by atoms with van der Waals surface area (Å²) in [7, 11) is 0. The van der Waals surface area contributed by atoms with Gasteiger partial charge in [-0.05, 0) is 0 Å². The molecule has 0 bridgehead atoms.